The fourth-order valence-electron chi connectivity index (χ4n) is 4.03. The van der Waals surface area contributed by atoms with Gasteiger partial charge in [0.25, 0.3) is 0 Å². The summed E-state index contributed by atoms with van der Waals surface area (Å²) in [5, 5.41) is 22.5. The Balaban J connectivity index is 1.49. The number of hydrogen-bond donors (Lipinski definition) is 2. The molecule has 1 saturated heterocycles. The van der Waals surface area contributed by atoms with E-state index < -0.39 is 30.4 Å². The van der Waals surface area contributed by atoms with Crippen LogP contribution in [0.4, 0.5) is 0 Å². The quantitative estimate of drug-likeness (QED) is 0.407. The van der Waals surface area contributed by atoms with Crippen LogP contribution in [0.15, 0.2) is 91.0 Å². The molecular weight excluding hydrogens is 448 g/mol. The van der Waals surface area contributed by atoms with Crippen LogP contribution in [0.5, 0.6) is 0 Å². The Bertz CT molecular complexity index is 1000. The van der Waals surface area contributed by atoms with Gasteiger partial charge in [-0.3, -0.25) is 0 Å². The predicted octanol–water partition coefficient (Wildman–Crippen LogP) is 3.43. The minimum absolute atomic E-state index is 0.0261. The second-order valence-corrected chi connectivity index (χ2v) is 8.46. The van der Waals surface area contributed by atoms with Gasteiger partial charge in [-0.15, -0.1) is 0 Å². The SMILES string of the molecule is CO[C@]1(O)O[C@H](COCc2ccccc2)[C@@H](O)[C@H](OCc2ccccc2)[C@H]1OCc1ccccc1. The molecule has 1 fully saturated rings. The van der Waals surface area contributed by atoms with E-state index in [1.165, 1.54) is 7.11 Å². The summed E-state index contributed by atoms with van der Waals surface area (Å²) in [6, 6.07) is 28.8. The molecule has 0 bridgehead atoms. The zero-order chi connectivity index (χ0) is 24.5. The van der Waals surface area contributed by atoms with E-state index in [0.717, 1.165) is 16.7 Å². The van der Waals surface area contributed by atoms with Gasteiger partial charge in [-0.25, -0.2) is 0 Å². The number of methoxy groups -OCH3 is 1. The fourth-order valence-corrected chi connectivity index (χ4v) is 4.03. The molecule has 0 aromatic heterocycles. The topological polar surface area (TPSA) is 86.6 Å². The zero-order valence-corrected chi connectivity index (χ0v) is 19.7. The highest BCUT2D eigenvalue weighted by Crippen LogP contribution is 2.34. The van der Waals surface area contributed by atoms with Gasteiger partial charge in [-0.1, -0.05) is 91.0 Å². The van der Waals surface area contributed by atoms with Crippen molar-refractivity contribution < 1.29 is 33.9 Å². The van der Waals surface area contributed by atoms with Gasteiger partial charge >= 0.3 is 5.97 Å². The summed E-state index contributed by atoms with van der Waals surface area (Å²) in [6.07, 6.45) is -4.09. The maximum absolute atomic E-state index is 11.3. The monoisotopic (exact) mass is 480 g/mol. The first-order valence-corrected chi connectivity index (χ1v) is 11.6. The highest BCUT2D eigenvalue weighted by Gasteiger charge is 2.56. The third-order valence-electron chi connectivity index (χ3n) is 5.94. The summed E-state index contributed by atoms with van der Waals surface area (Å²) in [5.41, 5.74) is 2.81. The molecule has 0 aliphatic carbocycles. The van der Waals surface area contributed by atoms with Crippen molar-refractivity contribution >= 4 is 0 Å². The number of ether oxygens (including phenoxy) is 5. The van der Waals surface area contributed by atoms with Gasteiger partial charge in [-0.2, -0.15) is 0 Å². The van der Waals surface area contributed by atoms with Crippen LogP contribution >= 0.6 is 0 Å². The molecule has 3 aromatic carbocycles. The van der Waals surface area contributed by atoms with Crippen molar-refractivity contribution in [2.24, 2.45) is 0 Å². The van der Waals surface area contributed by atoms with E-state index in [1.54, 1.807) is 0 Å². The molecule has 3 aromatic rings. The molecule has 0 radical (unpaired) electrons. The number of rotatable bonds is 11. The summed E-state index contributed by atoms with van der Waals surface area (Å²) in [4.78, 5) is 0. The maximum Gasteiger partial charge on any atom is 0.311 e. The van der Waals surface area contributed by atoms with Crippen molar-refractivity contribution in [1.82, 2.24) is 0 Å². The molecule has 186 valence electrons. The number of aliphatic hydroxyl groups excluding tert-OH is 1. The molecule has 35 heavy (non-hydrogen) atoms. The van der Waals surface area contributed by atoms with Gasteiger partial charge in [0.15, 0.2) is 6.10 Å². The van der Waals surface area contributed by atoms with Gasteiger partial charge in [-0.05, 0) is 16.7 Å². The van der Waals surface area contributed by atoms with Gasteiger partial charge < -0.3 is 33.9 Å². The second-order valence-electron chi connectivity index (χ2n) is 8.46. The van der Waals surface area contributed by atoms with Crippen LogP contribution in [0, 0.1) is 0 Å². The lowest BCUT2D eigenvalue weighted by atomic mass is 9.97. The second kappa shape index (κ2) is 12.4. The van der Waals surface area contributed by atoms with Crippen molar-refractivity contribution in [3.05, 3.63) is 108 Å². The standard InChI is InChI=1S/C28H32O7/c1-31-28(30)27(34-19-23-15-9-4-10-16-23)26(33-18-22-13-7-3-8-14-22)25(29)24(35-28)20-32-17-21-11-5-2-6-12-21/h2-16,24-27,29-30H,17-20H2,1H3/t24-,25-,26+,27-,28+/m1/s1. The summed E-state index contributed by atoms with van der Waals surface area (Å²) in [7, 11) is 1.33. The Labute approximate surface area is 205 Å². The van der Waals surface area contributed by atoms with Crippen LogP contribution in [0.3, 0.4) is 0 Å². The number of benzene rings is 3. The molecule has 5 atom stereocenters. The number of hydrogen-bond acceptors (Lipinski definition) is 7. The Morgan fingerprint density at radius 1 is 0.743 bits per heavy atom. The van der Waals surface area contributed by atoms with Crippen LogP contribution in [-0.2, 0) is 43.5 Å². The Kier molecular flexibility index (Phi) is 9.01. The van der Waals surface area contributed by atoms with Crippen LogP contribution < -0.4 is 0 Å². The molecule has 0 saturated carbocycles. The molecule has 1 aliphatic rings. The Hall–Kier alpha value is -2.62. The van der Waals surface area contributed by atoms with Crippen LogP contribution in [0.25, 0.3) is 0 Å². The first-order valence-electron chi connectivity index (χ1n) is 11.6. The zero-order valence-electron chi connectivity index (χ0n) is 19.7. The average molecular weight is 481 g/mol. The van der Waals surface area contributed by atoms with Crippen molar-refractivity contribution in [2.45, 2.75) is 50.2 Å². The molecule has 4 rings (SSSR count). The largest absolute Gasteiger partial charge is 0.387 e. The molecule has 1 heterocycles. The molecule has 2 N–H and O–H groups in total. The van der Waals surface area contributed by atoms with E-state index in [4.69, 9.17) is 23.7 Å². The molecule has 0 spiro atoms. The van der Waals surface area contributed by atoms with Crippen LogP contribution in [0.2, 0.25) is 0 Å². The normalized spacial score (nSPS) is 26.5. The van der Waals surface area contributed by atoms with Crippen molar-refractivity contribution in [1.29, 1.82) is 0 Å². The fraction of sp³-hybridized carbons (Fsp3) is 0.357. The summed E-state index contributed by atoms with van der Waals surface area (Å²) in [5.74, 6) is -2.14. The molecule has 0 amide bonds. The average Bonchev–Trinajstić information content (AvgIpc) is 2.91. The van der Waals surface area contributed by atoms with E-state index in [1.807, 2.05) is 91.0 Å². The lowest BCUT2D eigenvalue weighted by Crippen LogP contribution is -2.67. The number of aliphatic hydroxyl groups is 2. The minimum atomic E-state index is -2.14. The first kappa shape index (κ1) is 25.5. The smallest absolute Gasteiger partial charge is 0.311 e. The van der Waals surface area contributed by atoms with Crippen LogP contribution in [0.1, 0.15) is 16.7 Å². The molecular formula is C28H32O7. The van der Waals surface area contributed by atoms with Crippen molar-refractivity contribution in [3.63, 3.8) is 0 Å². The third-order valence-corrected chi connectivity index (χ3v) is 5.94. The summed E-state index contributed by atoms with van der Waals surface area (Å²) in [6.45, 7) is 0.749. The van der Waals surface area contributed by atoms with E-state index >= 15 is 0 Å². The first-order chi connectivity index (χ1) is 17.1. The van der Waals surface area contributed by atoms with E-state index in [-0.39, 0.29) is 19.8 Å². The van der Waals surface area contributed by atoms with E-state index in [2.05, 4.69) is 0 Å². The van der Waals surface area contributed by atoms with E-state index in [0.29, 0.717) is 6.61 Å². The molecule has 0 unspecified atom stereocenters. The molecule has 7 nitrogen and oxygen atoms in total. The van der Waals surface area contributed by atoms with Gasteiger partial charge in [0.05, 0.1) is 26.4 Å². The van der Waals surface area contributed by atoms with Crippen molar-refractivity contribution in [3.8, 4) is 0 Å². The molecule has 7 heteroatoms. The summed E-state index contributed by atoms with van der Waals surface area (Å²) >= 11 is 0. The Morgan fingerprint density at radius 3 is 1.74 bits per heavy atom. The minimum Gasteiger partial charge on any atom is -0.387 e. The summed E-state index contributed by atoms with van der Waals surface area (Å²) < 4.78 is 29.1. The predicted molar refractivity (Wildman–Crippen MR) is 129 cm³/mol. The Morgan fingerprint density at radius 2 is 1.23 bits per heavy atom. The van der Waals surface area contributed by atoms with Gasteiger partial charge in [0.2, 0.25) is 0 Å². The van der Waals surface area contributed by atoms with Gasteiger partial charge in [0, 0.05) is 7.11 Å². The van der Waals surface area contributed by atoms with Crippen molar-refractivity contribution in [2.75, 3.05) is 13.7 Å². The maximum atomic E-state index is 11.3. The lowest BCUT2D eigenvalue weighted by molar-refractivity contribution is -0.451. The highest BCUT2D eigenvalue weighted by molar-refractivity contribution is 5.15. The molecule has 1 aliphatic heterocycles. The third kappa shape index (κ3) is 6.74. The van der Waals surface area contributed by atoms with E-state index in [9.17, 15) is 10.2 Å². The van der Waals surface area contributed by atoms with Gasteiger partial charge in [0.1, 0.15) is 18.3 Å². The highest BCUT2D eigenvalue weighted by atomic mass is 16.8. The lowest BCUT2D eigenvalue weighted by Gasteiger charge is -2.47. The van der Waals surface area contributed by atoms with Crippen LogP contribution in [-0.4, -0.2) is 54.3 Å².